The highest BCUT2D eigenvalue weighted by molar-refractivity contribution is 5.93. The molecule has 0 aliphatic rings. The van der Waals surface area contributed by atoms with Crippen LogP contribution in [0.15, 0.2) is 24.7 Å². The summed E-state index contributed by atoms with van der Waals surface area (Å²) in [6, 6.07) is 2.10. The second-order valence-electron chi connectivity index (χ2n) is 3.77. The van der Waals surface area contributed by atoms with E-state index in [4.69, 9.17) is 9.47 Å². The third-order valence-electron chi connectivity index (χ3n) is 2.73. The van der Waals surface area contributed by atoms with E-state index < -0.39 is 0 Å². The van der Waals surface area contributed by atoms with Crippen molar-refractivity contribution in [1.29, 1.82) is 0 Å². The van der Waals surface area contributed by atoms with Gasteiger partial charge in [-0.25, -0.2) is 4.98 Å². The molecule has 19 heavy (non-hydrogen) atoms. The summed E-state index contributed by atoms with van der Waals surface area (Å²) in [5.41, 5.74) is 2.27. The molecule has 0 unspecified atom stereocenters. The fourth-order valence-corrected chi connectivity index (χ4v) is 1.83. The topological polar surface area (TPSA) is 85.8 Å². The predicted molar refractivity (Wildman–Crippen MR) is 68.0 cm³/mol. The smallest absolute Gasteiger partial charge is 0.319 e. The average molecular weight is 257 g/mol. The van der Waals surface area contributed by atoms with Gasteiger partial charge >= 0.3 is 6.01 Å². The molecular formula is C12H11N5O2. The van der Waals surface area contributed by atoms with E-state index in [0.29, 0.717) is 17.1 Å². The molecule has 7 heteroatoms. The van der Waals surface area contributed by atoms with Gasteiger partial charge in [0.05, 0.1) is 25.3 Å². The monoisotopic (exact) mass is 257 g/mol. The number of aromatic amines is 1. The maximum absolute atomic E-state index is 5.26. The number of nitrogens with one attached hydrogen (secondary N) is 1. The second kappa shape index (κ2) is 4.52. The lowest BCUT2D eigenvalue weighted by Gasteiger charge is -2.06. The zero-order chi connectivity index (χ0) is 13.2. The highest BCUT2D eigenvalue weighted by atomic mass is 16.5. The summed E-state index contributed by atoms with van der Waals surface area (Å²) in [6.45, 7) is 0. The molecule has 0 aromatic carbocycles. The van der Waals surface area contributed by atoms with Gasteiger partial charge in [-0.15, -0.1) is 0 Å². The Morgan fingerprint density at radius 3 is 2.84 bits per heavy atom. The molecule has 0 aliphatic heterocycles. The van der Waals surface area contributed by atoms with Gasteiger partial charge in [0.1, 0.15) is 5.69 Å². The van der Waals surface area contributed by atoms with Crippen LogP contribution >= 0.6 is 0 Å². The molecule has 3 rings (SSSR count). The zero-order valence-electron chi connectivity index (χ0n) is 10.4. The lowest BCUT2D eigenvalue weighted by atomic mass is 10.1. The first-order chi connectivity index (χ1) is 9.33. The van der Waals surface area contributed by atoms with Crippen molar-refractivity contribution >= 4 is 10.9 Å². The highest BCUT2D eigenvalue weighted by Crippen LogP contribution is 2.31. The summed E-state index contributed by atoms with van der Waals surface area (Å²) < 4.78 is 10.2. The molecule has 0 saturated carbocycles. The van der Waals surface area contributed by atoms with Gasteiger partial charge < -0.3 is 9.47 Å². The van der Waals surface area contributed by atoms with Gasteiger partial charge in [-0.05, 0) is 6.07 Å². The largest absolute Gasteiger partial charge is 0.480 e. The molecule has 3 aromatic heterocycles. The Labute approximate surface area is 108 Å². The number of hydrogen-bond donors (Lipinski definition) is 1. The third kappa shape index (κ3) is 1.85. The van der Waals surface area contributed by atoms with Crippen LogP contribution in [0.25, 0.3) is 22.2 Å². The van der Waals surface area contributed by atoms with Crippen LogP contribution < -0.4 is 9.47 Å². The highest BCUT2D eigenvalue weighted by Gasteiger charge is 2.15. The Morgan fingerprint density at radius 2 is 2.05 bits per heavy atom. The summed E-state index contributed by atoms with van der Waals surface area (Å²) in [6.07, 6.45) is 5.05. The molecule has 0 fully saturated rings. The SMILES string of the molecule is COc1ncc(-c2n[nH]c3ccncc23)c(OC)n1. The predicted octanol–water partition coefficient (Wildman–Crippen LogP) is 1.43. The molecule has 0 amide bonds. The fraction of sp³-hybridized carbons (Fsp3) is 0.167. The van der Waals surface area contributed by atoms with Crippen LogP contribution in [0.1, 0.15) is 0 Å². The first-order valence-electron chi connectivity index (χ1n) is 5.57. The Bertz CT molecular complexity index is 725. The van der Waals surface area contributed by atoms with E-state index >= 15 is 0 Å². The van der Waals surface area contributed by atoms with Crippen molar-refractivity contribution in [3.8, 4) is 23.1 Å². The summed E-state index contributed by atoms with van der Waals surface area (Å²) in [5, 5.41) is 8.08. The minimum absolute atomic E-state index is 0.249. The van der Waals surface area contributed by atoms with E-state index in [-0.39, 0.29) is 6.01 Å². The molecule has 3 aromatic rings. The van der Waals surface area contributed by atoms with Gasteiger partial charge in [-0.3, -0.25) is 10.1 Å². The van der Waals surface area contributed by atoms with Crippen LogP contribution in [-0.4, -0.2) is 39.4 Å². The van der Waals surface area contributed by atoms with Gasteiger partial charge in [-0.1, -0.05) is 0 Å². The van der Waals surface area contributed by atoms with Crippen LogP contribution in [0.4, 0.5) is 0 Å². The van der Waals surface area contributed by atoms with Crippen molar-refractivity contribution in [2.45, 2.75) is 0 Å². The summed E-state index contributed by atoms with van der Waals surface area (Å²) >= 11 is 0. The molecule has 0 spiro atoms. The number of ether oxygens (including phenoxy) is 2. The minimum Gasteiger partial charge on any atom is -0.480 e. The number of H-pyrrole nitrogens is 1. The van der Waals surface area contributed by atoms with Gasteiger partial charge in [0.15, 0.2) is 0 Å². The summed E-state index contributed by atoms with van der Waals surface area (Å²) in [5.74, 6) is 0.407. The molecule has 1 N–H and O–H groups in total. The van der Waals surface area contributed by atoms with Crippen molar-refractivity contribution in [1.82, 2.24) is 25.1 Å². The standard InChI is InChI=1S/C12H11N5O2/c1-18-11-8(6-14-12(15-11)19-2)10-7-5-13-4-3-9(7)16-17-10/h3-6H,1-2H3,(H,16,17). The lowest BCUT2D eigenvalue weighted by Crippen LogP contribution is -1.97. The molecule has 0 bridgehead atoms. The molecule has 3 heterocycles. The Kier molecular flexibility index (Phi) is 2.71. The first-order valence-corrected chi connectivity index (χ1v) is 5.57. The average Bonchev–Trinajstić information content (AvgIpc) is 2.90. The number of rotatable bonds is 3. The van der Waals surface area contributed by atoms with Crippen LogP contribution in [0, 0.1) is 0 Å². The molecule has 7 nitrogen and oxygen atoms in total. The maximum Gasteiger partial charge on any atom is 0.319 e. The van der Waals surface area contributed by atoms with Crippen LogP contribution in [0.3, 0.4) is 0 Å². The number of methoxy groups -OCH3 is 2. The van der Waals surface area contributed by atoms with E-state index in [9.17, 15) is 0 Å². The van der Waals surface area contributed by atoms with Gasteiger partial charge in [-0.2, -0.15) is 10.1 Å². The molecule has 0 atom stereocenters. The molecular weight excluding hydrogens is 246 g/mol. The quantitative estimate of drug-likeness (QED) is 0.764. The third-order valence-corrected chi connectivity index (χ3v) is 2.73. The minimum atomic E-state index is 0.249. The number of fused-ring (bicyclic) bond motifs is 1. The summed E-state index contributed by atoms with van der Waals surface area (Å²) in [7, 11) is 3.04. The first kappa shape index (κ1) is 11.4. The van der Waals surface area contributed by atoms with E-state index in [0.717, 1.165) is 10.9 Å². The second-order valence-corrected chi connectivity index (χ2v) is 3.77. The van der Waals surface area contributed by atoms with Crippen molar-refractivity contribution in [2.24, 2.45) is 0 Å². The number of nitrogens with zero attached hydrogens (tertiary/aromatic N) is 4. The number of pyridine rings is 1. The Morgan fingerprint density at radius 1 is 1.16 bits per heavy atom. The Hall–Kier alpha value is -2.70. The zero-order valence-corrected chi connectivity index (χ0v) is 10.4. The van der Waals surface area contributed by atoms with Gasteiger partial charge in [0, 0.05) is 24.0 Å². The van der Waals surface area contributed by atoms with Crippen molar-refractivity contribution in [2.75, 3.05) is 14.2 Å². The van der Waals surface area contributed by atoms with Crippen LogP contribution in [0.5, 0.6) is 11.9 Å². The number of aromatic nitrogens is 5. The van der Waals surface area contributed by atoms with E-state index in [1.165, 1.54) is 7.11 Å². The van der Waals surface area contributed by atoms with E-state index in [2.05, 4.69) is 25.1 Å². The fourth-order valence-electron chi connectivity index (χ4n) is 1.83. The van der Waals surface area contributed by atoms with Crippen LogP contribution in [-0.2, 0) is 0 Å². The Balaban J connectivity index is 2.21. The van der Waals surface area contributed by atoms with E-state index in [1.807, 2.05) is 6.07 Å². The lowest BCUT2D eigenvalue weighted by molar-refractivity contribution is 0.353. The van der Waals surface area contributed by atoms with E-state index in [1.54, 1.807) is 25.7 Å². The van der Waals surface area contributed by atoms with Crippen molar-refractivity contribution in [3.05, 3.63) is 24.7 Å². The molecule has 0 saturated heterocycles. The molecule has 96 valence electrons. The van der Waals surface area contributed by atoms with Crippen LogP contribution in [0.2, 0.25) is 0 Å². The van der Waals surface area contributed by atoms with Crippen molar-refractivity contribution < 1.29 is 9.47 Å². The number of hydrogen-bond acceptors (Lipinski definition) is 6. The molecule has 0 aliphatic carbocycles. The van der Waals surface area contributed by atoms with Gasteiger partial charge in [0.2, 0.25) is 5.88 Å². The maximum atomic E-state index is 5.26. The molecule has 0 radical (unpaired) electrons. The normalized spacial score (nSPS) is 10.6. The van der Waals surface area contributed by atoms with Crippen molar-refractivity contribution in [3.63, 3.8) is 0 Å². The van der Waals surface area contributed by atoms with Gasteiger partial charge in [0.25, 0.3) is 0 Å². The summed E-state index contributed by atoms with van der Waals surface area (Å²) in [4.78, 5) is 12.3.